The molecule has 3 nitrogen and oxygen atoms in total. The van der Waals surface area contributed by atoms with Crippen molar-refractivity contribution in [3.63, 3.8) is 0 Å². The fourth-order valence-electron chi connectivity index (χ4n) is 4.08. The maximum absolute atomic E-state index is 6.01. The van der Waals surface area contributed by atoms with Gasteiger partial charge in [-0.2, -0.15) is 0 Å². The Morgan fingerprint density at radius 1 is 1.00 bits per heavy atom. The Labute approximate surface area is 152 Å². The number of nitrogens with zero attached hydrogens (tertiary/aromatic N) is 1. The maximum Gasteiger partial charge on any atom is 0.0720 e. The molecule has 0 spiro atoms. The summed E-state index contributed by atoms with van der Waals surface area (Å²) >= 11 is 0. The lowest BCUT2D eigenvalue weighted by Crippen LogP contribution is -2.43. The third kappa shape index (κ3) is 4.72. The Morgan fingerprint density at radius 3 is 2.36 bits per heavy atom. The normalized spacial score (nSPS) is 23.4. The highest BCUT2D eigenvalue weighted by Crippen LogP contribution is 2.29. The number of benzene rings is 1. The molecule has 3 heteroatoms. The first-order valence-corrected chi connectivity index (χ1v) is 10.1. The van der Waals surface area contributed by atoms with Crippen molar-refractivity contribution in [3.05, 3.63) is 41.0 Å². The molecule has 2 heterocycles. The molecule has 2 saturated heterocycles. The minimum Gasteiger partial charge on any atom is -0.381 e. The molecule has 1 saturated carbocycles. The summed E-state index contributed by atoms with van der Waals surface area (Å²) in [7, 11) is 0. The number of hydrogen-bond acceptors (Lipinski definition) is 3. The lowest BCUT2D eigenvalue weighted by Gasteiger charge is -2.40. The van der Waals surface area contributed by atoms with E-state index in [2.05, 4.69) is 35.2 Å². The fourth-order valence-corrected chi connectivity index (χ4v) is 4.08. The van der Waals surface area contributed by atoms with Gasteiger partial charge in [-0.3, -0.25) is 4.90 Å². The van der Waals surface area contributed by atoms with E-state index in [1.54, 1.807) is 5.57 Å². The third-order valence-corrected chi connectivity index (χ3v) is 6.04. The predicted octanol–water partition coefficient (Wildman–Crippen LogP) is 4.41. The van der Waals surface area contributed by atoms with E-state index in [1.165, 1.54) is 56.3 Å². The molecule has 25 heavy (non-hydrogen) atoms. The van der Waals surface area contributed by atoms with E-state index in [9.17, 15) is 0 Å². The molecule has 3 fully saturated rings. The van der Waals surface area contributed by atoms with Gasteiger partial charge in [0.15, 0.2) is 0 Å². The van der Waals surface area contributed by atoms with Crippen LogP contribution in [-0.2, 0) is 16.1 Å². The van der Waals surface area contributed by atoms with Crippen LogP contribution < -0.4 is 0 Å². The molecular weight excluding hydrogens is 310 g/mol. The zero-order valence-corrected chi connectivity index (χ0v) is 15.3. The number of rotatable bonds is 5. The number of ether oxygens (including phenoxy) is 2. The van der Waals surface area contributed by atoms with E-state index >= 15 is 0 Å². The summed E-state index contributed by atoms with van der Waals surface area (Å²) in [5.41, 5.74) is 4.22. The molecule has 1 aromatic carbocycles. The minimum absolute atomic E-state index is 0.372. The van der Waals surface area contributed by atoms with E-state index < -0.39 is 0 Å². The summed E-state index contributed by atoms with van der Waals surface area (Å²) in [6, 6.07) is 9.82. The monoisotopic (exact) mass is 341 g/mol. The van der Waals surface area contributed by atoms with Crippen LogP contribution in [0.4, 0.5) is 0 Å². The van der Waals surface area contributed by atoms with Crippen LogP contribution in [0.2, 0.25) is 0 Å². The lowest BCUT2D eigenvalue weighted by atomic mass is 9.89. The van der Waals surface area contributed by atoms with E-state index in [-0.39, 0.29) is 0 Å². The molecule has 0 unspecified atom stereocenters. The SMILES string of the molecule is C(=C1CCN(C2CCC2)CC1)c1ccc(COC2CCOCC2)cc1. The predicted molar refractivity (Wildman–Crippen MR) is 101 cm³/mol. The third-order valence-electron chi connectivity index (χ3n) is 6.04. The molecule has 2 aliphatic heterocycles. The molecule has 0 atom stereocenters. The molecule has 0 bridgehead atoms. The van der Waals surface area contributed by atoms with Crippen LogP contribution in [0.15, 0.2) is 29.8 Å². The second-order valence-corrected chi connectivity index (χ2v) is 7.79. The zero-order chi connectivity index (χ0) is 16.9. The van der Waals surface area contributed by atoms with E-state index in [0.29, 0.717) is 6.10 Å². The fraction of sp³-hybridized carbons (Fsp3) is 0.636. The Bertz CT molecular complexity index is 560. The van der Waals surface area contributed by atoms with Crippen molar-refractivity contribution in [3.8, 4) is 0 Å². The van der Waals surface area contributed by atoms with Gasteiger partial charge in [-0.25, -0.2) is 0 Å². The first kappa shape index (κ1) is 17.3. The summed E-state index contributed by atoms with van der Waals surface area (Å²) in [5, 5.41) is 0. The van der Waals surface area contributed by atoms with Crippen molar-refractivity contribution >= 4 is 6.08 Å². The molecule has 0 radical (unpaired) electrons. The van der Waals surface area contributed by atoms with Gasteiger partial charge in [0, 0.05) is 32.3 Å². The summed E-state index contributed by atoms with van der Waals surface area (Å²) in [6.07, 6.45) is 11.6. The largest absolute Gasteiger partial charge is 0.381 e. The van der Waals surface area contributed by atoms with Crippen LogP contribution in [0.25, 0.3) is 6.08 Å². The highest BCUT2D eigenvalue weighted by Gasteiger charge is 2.26. The van der Waals surface area contributed by atoms with Crippen molar-refractivity contribution in [2.75, 3.05) is 26.3 Å². The van der Waals surface area contributed by atoms with Crippen molar-refractivity contribution in [1.29, 1.82) is 0 Å². The van der Waals surface area contributed by atoms with Crippen molar-refractivity contribution in [2.45, 2.75) is 63.7 Å². The Morgan fingerprint density at radius 2 is 1.72 bits per heavy atom. The van der Waals surface area contributed by atoms with Gasteiger partial charge in [0.2, 0.25) is 0 Å². The number of piperidine rings is 1. The van der Waals surface area contributed by atoms with E-state index in [0.717, 1.165) is 38.7 Å². The standard InChI is InChI=1S/C22H31NO2/c1-2-21(3-1)23-12-8-19(9-13-23)16-18-4-6-20(7-5-18)17-25-22-10-14-24-15-11-22/h4-7,16,21-22H,1-3,8-15,17H2. The van der Waals surface area contributed by atoms with Crippen LogP contribution >= 0.6 is 0 Å². The second kappa shape index (κ2) is 8.48. The van der Waals surface area contributed by atoms with Gasteiger partial charge >= 0.3 is 0 Å². The molecule has 1 aromatic rings. The molecule has 0 amide bonds. The maximum atomic E-state index is 6.01. The van der Waals surface area contributed by atoms with Gasteiger partial charge in [0.25, 0.3) is 0 Å². The molecule has 0 aromatic heterocycles. The van der Waals surface area contributed by atoms with Crippen LogP contribution in [-0.4, -0.2) is 43.3 Å². The average molecular weight is 341 g/mol. The van der Waals surface area contributed by atoms with Crippen molar-refractivity contribution < 1.29 is 9.47 Å². The van der Waals surface area contributed by atoms with Crippen LogP contribution in [0, 0.1) is 0 Å². The van der Waals surface area contributed by atoms with Gasteiger partial charge in [-0.05, 0) is 49.7 Å². The van der Waals surface area contributed by atoms with Gasteiger partial charge in [-0.15, -0.1) is 0 Å². The molecule has 0 N–H and O–H groups in total. The molecule has 136 valence electrons. The van der Waals surface area contributed by atoms with Gasteiger partial charge in [0.1, 0.15) is 0 Å². The molecule has 4 rings (SSSR count). The van der Waals surface area contributed by atoms with Crippen LogP contribution in [0.5, 0.6) is 0 Å². The summed E-state index contributed by atoms with van der Waals surface area (Å²) in [6.45, 7) is 4.92. The van der Waals surface area contributed by atoms with Gasteiger partial charge < -0.3 is 9.47 Å². The first-order chi connectivity index (χ1) is 12.4. The van der Waals surface area contributed by atoms with Crippen molar-refractivity contribution in [1.82, 2.24) is 4.90 Å². The lowest BCUT2D eigenvalue weighted by molar-refractivity contribution is -0.0390. The Kier molecular flexibility index (Phi) is 5.86. The topological polar surface area (TPSA) is 21.7 Å². The van der Waals surface area contributed by atoms with Crippen LogP contribution in [0.1, 0.15) is 56.1 Å². The summed E-state index contributed by atoms with van der Waals surface area (Å²) in [4.78, 5) is 2.71. The summed E-state index contributed by atoms with van der Waals surface area (Å²) < 4.78 is 11.4. The zero-order valence-electron chi connectivity index (χ0n) is 15.3. The van der Waals surface area contributed by atoms with E-state index in [4.69, 9.17) is 9.47 Å². The first-order valence-electron chi connectivity index (χ1n) is 10.1. The Hall–Kier alpha value is -1.16. The quantitative estimate of drug-likeness (QED) is 0.791. The average Bonchev–Trinajstić information content (AvgIpc) is 2.62. The highest BCUT2D eigenvalue weighted by atomic mass is 16.5. The highest BCUT2D eigenvalue weighted by molar-refractivity contribution is 5.53. The number of likely N-dealkylation sites (tertiary alicyclic amines) is 1. The van der Waals surface area contributed by atoms with Crippen molar-refractivity contribution in [2.24, 2.45) is 0 Å². The molecular formula is C22H31NO2. The minimum atomic E-state index is 0.372. The summed E-state index contributed by atoms with van der Waals surface area (Å²) in [5.74, 6) is 0. The second-order valence-electron chi connectivity index (χ2n) is 7.79. The number of hydrogen-bond donors (Lipinski definition) is 0. The van der Waals surface area contributed by atoms with E-state index in [1.807, 2.05) is 0 Å². The smallest absolute Gasteiger partial charge is 0.0720 e. The Balaban J connectivity index is 1.25. The molecule has 3 aliphatic rings. The molecule has 1 aliphatic carbocycles. The van der Waals surface area contributed by atoms with Gasteiger partial charge in [-0.1, -0.05) is 42.3 Å². The van der Waals surface area contributed by atoms with Gasteiger partial charge in [0.05, 0.1) is 12.7 Å². The van der Waals surface area contributed by atoms with Crippen LogP contribution in [0.3, 0.4) is 0 Å².